The summed E-state index contributed by atoms with van der Waals surface area (Å²) in [6.07, 6.45) is 3.69. The molecule has 1 heterocycles. The predicted molar refractivity (Wildman–Crippen MR) is 84.3 cm³/mol. The highest BCUT2D eigenvalue weighted by atomic mass is 19.1. The second kappa shape index (κ2) is 6.44. The van der Waals surface area contributed by atoms with Gasteiger partial charge < -0.3 is 5.11 Å². The maximum Gasteiger partial charge on any atom is 0.198 e. The molecule has 0 atom stereocenters. The summed E-state index contributed by atoms with van der Waals surface area (Å²) in [5, 5.41) is 9.71. The Hall–Kier alpha value is -2.95. The number of carbonyl (C=O) groups excluding carboxylic acids is 1. The third-order valence-electron chi connectivity index (χ3n) is 3.59. The van der Waals surface area contributed by atoms with E-state index in [1.165, 1.54) is 18.2 Å². The van der Waals surface area contributed by atoms with Gasteiger partial charge in [0, 0.05) is 24.5 Å². The lowest BCUT2D eigenvalue weighted by atomic mass is 10.1. The van der Waals surface area contributed by atoms with Gasteiger partial charge in [0.05, 0.1) is 0 Å². The van der Waals surface area contributed by atoms with Crippen LogP contribution in [0.1, 0.15) is 22.6 Å². The summed E-state index contributed by atoms with van der Waals surface area (Å²) < 4.78 is 14.9. The van der Waals surface area contributed by atoms with Gasteiger partial charge in [0.1, 0.15) is 11.6 Å². The number of ketones is 1. The molecule has 4 nitrogen and oxygen atoms in total. The summed E-state index contributed by atoms with van der Waals surface area (Å²) >= 11 is 0. The van der Waals surface area contributed by atoms with Gasteiger partial charge in [-0.05, 0) is 42.3 Å². The van der Waals surface area contributed by atoms with Gasteiger partial charge in [-0.25, -0.2) is 9.37 Å². The molecule has 0 fully saturated rings. The van der Waals surface area contributed by atoms with E-state index < -0.39 is 5.82 Å². The summed E-state index contributed by atoms with van der Waals surface area (Å²) in [7, 11) is 0. The van der Waals surface area contributed by atoms with Gasteiger partial charge >= 0.3 is 0 Å². The topological polar surface area (TPSA) is 55.1 Å². The standard InChI is InChI=1S/C18H15FN2O2/c19-14-7-9-16(22)13(12-14)6-8-17(23)18-20-10-11-21(18)15-4-2-1-3-5-15/h1-5,7,9-12,22H,6,8H2. The molecule has 0 saturated heterocycles. The number of aromatic hydroxyl groups is 1. The molecule has 0 saturated carbocycles. The monoisotopic (exact) mass is 310 g/mol. The molecule has 0 spiro atoms. The molecule has 0 unspecified atom stereocenters. The molecule has 0 bridgehead atoms. The van der Waals surface area contributed by atoms with Crippen molar-refractivity contribution in [3.8, 4) is 11.4 Å². The first-order valence-corrected chi connectivity index (χ1v) is 7.24. The fraction of sp³-hybridized carbons (Fsp3) is 0.111. The lowest BCUT2D eigenvalue weighted by Gasteiger charge is -2.07. The third-order valence-corrected chi connectivity index (χ3v) is 3.59. The number of halogens is 1. The summed E-state index contributed by atoms with van der Waals surface area (Å²) in [5.74, 6) is -0.281. The minimum Gasteiger partial charge on any atom is -0.508 e. The van der Waals surface area contributed by atoms with Crippen molar-refractivity contribution in [3.05, 3.63) is 78.1 Å². The molecule has 1 N–H and O–H groups in total. The van der Waals surface area contributed by atoms with Crippen LogP contribution in [0.25, 0.3) is 5.69 Å². The lowest BCUT2D eigenvalue weighted by Crippen LogP contribution is -2.09. The molecule has 0 aliphatic heterocycles. The number of phenolic OH excluding ortho intramolecular Hbond substituents is 1. The number of rotatable bonds is 5. The maximum atomic E-state index is 13.2. The van der Waals surface area contributed by atoms with Crippen LogP contribution in [0.5, 0.6) is 5.75 Å². The molecule has 116 valence electrons. The number of para-hydroxylation sites is 1. The van der Waals surface area contributed by atoms with Crippen LogP contribution in [-0.2, 0) is 6.42 Å². The van der Waals surface area contributed by atoms with Crippen molar-refractivity contribution in [2.45, 2.75) is 12.8 Å². The number of nitrogens with zero attached hydrogens (tertiary/aromatic N) is 2. The maximum absolute atomic E-state index is 13.2. The van der Waals surface area contributed by atoms with Crippen molar-refractivity contribution in [1.29, 1.82) is 0 Å². The molecule has 1 aromatic heterocycles. The fourth-order valence-corrected chi connectivity index (χ4v) is 2.42. The second-order valence-electron chi connectivity index (χ2n) is 5.15. The number of aromatic nitrogens is 2. The van der Waals surface area contributed by atoms with Crippen molar-refractivity contribution < 1.29 is 14.3 Å². The van der Waals surface area contributed by atoms with E-state index in [-0.39, 0.29) is 24.4 Å². The molecule has 5 heteroatoms. The van der Waals surface area contributed by atoms with E-state index in [2.05, 4.69) is 4.98 Å². The van der Waals surface area contributed by atoms with Crippen LogP contribution in [0, 0.1) is 5.82 Å². The zero-order chi connectivity index (χ0) is 16.2. The van der Waals surface area contributed by atoms with Crippen molar-refractivity contribution in [3.63, 3.8) is 0 Å². The molecule has 3 aromatic rings. The molecular weight excluding hydrogens is 295 g/mol. The van der Waals surface area contributed by atoms with E-state index in [9.17, 15) is 14.3 Å². The van der Waals surface area contributed by atoms with E-state index in [0.717, 1.165) is 5.69 Å². The molecular formula is C18H15FN2O2. The largest absolute Gasteiger partial charge is 0.508 e. The number of aryl methyl sites for hydroxylation is 1. The molecule has 2 aromatic carbocycles. The van der Waals surface area contributed by atoms with Crippen molar-refractivity contribution in [1.82, 2.24) is 9.55 Å². The van der Waals surface area contributed by atoms with E-state index in [0.29, 0.717) is 11.4 Å². The Morgan fingerprint density at radius 3 is 2.74 bits per heavy atom. The quantitative estimate of drug-likeness (QED) is 0.733. The molecule has 0 amide bonds. The molecule has 0 radical (unpaired) electrons. The van der Waals surface area contributed by atoms with Gasteiger partial charge in [-0.15, -0.1) is 0 Å². The van der Waals surface area contributed by atoms with Crippen LogP contribution >= 0.6 is 0 Å². The van der Waals surface area contributed by atoms with E-state index >= 15 is 0 Å². The van der Waals surface area contributed by atoms with Crippen molar-refractivity contribution in [2.24, 2.45) is 0 Å². The van der Waals surface area contributed by atoms with E-state index in [1.54, 1.807) is 17.0 Å². The van der Waals surface area contributed by atoms with Gasteiger partial charge in [-0.2, -0.15) is 0 Å². The van der Waals surface area contributed by atoms with Gasteiger partial charge in [0.2, 0.25) is 0 Å². The average Bonchev–Trinajstić information content (AvgIpc) is 3.06. The van der Waals surface area contributed by atoms with Gasteiger partial charge in [0.25, 0.3) is 0 Å². The molecule has 0 aliphatic rings. The Morgan fingerprint density at radius 2 is 1.96 bits per heavy atom. The zero-order valence-electron chi connectivity index (χ0n) is 12.3. The Balaban J connectivity index is 1.77. The lowest BCUT2D eigenvalue weighted by molar-refractivity contribution is 0.0971. The van der Waals surface area contributed by atoms with Crippen molar-refractivity contribution in [2.75, 3.05) is 0 Å². The Labute approximate surface area is 132 Å². The summed E-state index contributed by atoms with van der Waals surface area (Å²) in [6.45, 7) is 0. The normalized spacial score (nSPS) is 10.7. The van der Waals surface area contributed by atoms with Crippen molar-refractivity contribution >= 4 is 5.78 Å². The van der Waals surface area contributed by atoms with Gasteiger partial charge in [-0.1, -0.05) is 18.2 Å². The molecule has 0 aliphatic carbocycles. The number of imidazole rings is 1. The Bertz CT molecular complexity index is 828. The number of Topliss-reactive ketones (excluding diaryl/α,β-unsaturated/α-hetero) is 1. The molecule has 3 rings (SSSR count). The number of phenols is 1. The SMILES string of the molecule is O=C(CCc1cc(F)ccc1O)c1nccn1-c1ccccc1. The summed E-state index contributed by atoms with van der Waals surface area (Å²) in [5.41, 5.74) is 1.26. The number of hydrogen-bond acceptors (Lipinski definition) is 3. The second-order valence-corrected chi connectivity index (χ2v) is 5.15. The Kier molecular flexibility index (Phi) is 4.19. The minimum atomic E-state index is -0.434. The van der Waals surface area contributed by atoms with Crippen LogP contribution in [-0.4, -0.2) is 20.4 Å². The smallest absolute Gasteiger partial charge is 0.198 e. The first-order chi connectivity index (χ1) is 11.1. The highest BCUT2D eigenvalue weighted by Crippen LogP contribution is 2.20. The van der Waals surface area contributed by atoms with E-state index in [1.807, 2.05) is 30.3 Å². The predicted octanol–water partition coefficient (Wildman–Crippen LogP) is 3.53. The number of hydrogen-bond donors (Lipinski definition) is 1. The average molecular weight is 310 g/mol. The molecule has 23 heavy (non-hydrogen) atoms. The first-order valence-electron chi connectivity index (χ1n) is 7.24. The Morgan fingerprint density at radius 1 is 1.17 bits per heavy atom. The van der Waals surface area contributed by atoms with Gasteiger partial charge in [-0.3, -0.25) is 9.36 Å². The van der Waals surface area contributed by atoms with Crippen LogP contribution < -0.4 is 0 Å². The number of benzene rings is 2. The van der Waals surface area contributed by atoms with Gasteiger partial charge in [0.15, 0.2) is 11.6 Å². The highest BCUT2D eigenvalue weighted by molar-refractivity contribution is 5.93. The summed E-state index contributed by atoms with van der Waals surface area (Å²) in [6, 6.07) is 13.2. The van der Waals surface area contributed by atoms with Crippen LogP contribution in [0.3, 0.4) is 0 Å². The fourth-order valence-electron chi connectivity index (χ4n) is 2.42. The first kappa shape index (κ1) is 15.0. The third kappa shape index (κ3) is 3.29. The van der Waals surface area contributed by atoms with Crippen LogP contribution in [0.4, 0.5) is 4.39 Å². The zero-order valence-corrected chi connectivity index (χ0v) is 12.3. The van der Waals surface area contributed by atoms with E-state index in [4.69, 9.17) is 0 Å². The highest BCUT2D eigenvalue weighted by Gasteiger charge is 2.15. The number of carbonyl (C=O) groups is 1. The summed E-state index contributed by atoms with van der Waals surface area (Å²) in [4.78, 5) is 16.5. The van der Waals surface area contributed by atoms with Crippen LogP contribution in [0.2, 0.25) is 0 Å². The minimum absolute atomic E-state index is 0.00870. The van der Waals surface area contributed by atoms with Crippen LogP contribution in [0.15, 0.2) is 60.9 Å².